The Morgan fingerprint density at radius 1 is 0.851 bits per heavy atom. The van der Waals surface area contributed by atoms with E-state index in [1.54, 1.807) is 23.6 Å². The Morgan fingerprint density at radius 2 is 1.64 bits per heavy atom. The van der Waals surface area contributed by atoms with Crippen LogP contribution in [0.25, 0.3) is 53.5 Å². The van der Waals surface area contributed by atoms with Crippen molar-refractivity contribution in [1.29, 1.82) is 0 Å². The van der Waals surface area contributed by atoms with Crippen molar-refractivity contribution < 1.29 is 22.8 Å². The van der Waals surface area contributed by atoms with Crippen molar-refractivity contribution >= 4 is 59.9 Å². The van der Waals surface area contributed by atoms with Gasteiger partial charge in [0.05, 0.1) is 0 Å². The van der Waals surface area contributed by atoms with Crippen LogP contribution in [0.4, 0.5) is 0 Å². The van der Waals surface area contributed by atoms with Gasteiger partial charge in [-0.1, -0.05) is 79.6 Å². The summed E-state index contributed by atoms with van der Waals surface area (Å²) >= 11 is 0.00984. The van der Waals surface area contributed by atoms with Crippen LogP contribution in [-0.2, 0) is 20.1 Å². The van der Waals surface area contributed by atoms with E-state index in [-0.39, 0.29) is 20.1 Å². The van der Waals surface area contributed by atoms with Crippen LogP contribution in [0, 0.1) is 12.1 Å². The summed E-state index contributed by atoms with van der Waals surface area (Å²) in [6.45, 7) is 9.50. The van der Waals surface area contributed by atoms with E-state index in [2.05, 4.69) is 94.5 Å². The Morgan fingerprint density at radius 3 is 2.32 bits per heavy atom. The number of hydrogen-bond donors (Lipinski definition) is 0. The Balaban J connectivity index is 0.000000233. The van der Waals surface area contributed by atoms with Gasteiger partial charge in [0.1, 0.15) is 0 Å². The average molecular weight is 872 g/mol. The van der Waals surface area contributed by atoms with Gasteiger partial charge in [-0.15, -0.1) is 24.1 Å². The quantitative estimate of drug-likeness (QED) is 0.0945. The molecular weight excluding hydrogens is 829 g/mol. The molecule has 4 aromatic carbocycles. The summed E-state index contributed by atoms with van der Waals surface area (Å²) in [5.41, 5.74) is 5.69. The number of allylic oxidation sites excluding steroid dienone is 1. The summed E-state index contributed by atoms with van der Waals surface area (Å²) in [7, 11) is 0. The normalized spacial score (nSPS) is 13.6. The molecule has 0 N–H and O–H groups in total. The maximum Gasteiger partial charge on any atom is 0 e. The van der Waals surface area contributed by atoms with Crippen molar-refractivity contribution in [3.63, 3.8) is 0 Å². The van der Waals surface area contributed by atoms with Gasteiger partial charge in [0.15, 0.2) is 0 Å². The van der Waals surface area contributed by atoms with Gasteiger partial charge in [0.2, 0.25) is 0 Å². The zero-order valence-corrected chi connectivity index (χ0v) is 33.0. The maximum absolute atomic E-state index is 8.57. The fraction of sp³-hybridized carbons (Fsp3) is 0.190. The van der Waals surface area contributed by atoms with Crippen LogP contribution in [0.15, 0.2) is 116 Å². The monoisotopic (exact) mass is 873 g/mol. The molecular formula is C42H40GeIrN2S-2. The zero-order valence-electron chi connectivity index (χ0n) is 29.7. The third-order valence-electron chi connectivity index (χ3n) is 8.34. The van der Waals surface area contributed by atoms with E-state index < -0.39 is 25.1 Å². The molecule has 2 nitrogen and oxygen atoms in total. The molecule has 0 bridgehead atoms. The molecule has 7 rings (SSSR count). The maximum atomic E-state index is 8.57. The van der Waals surface area contributed by atoms with E-state index in [4.69, 9.17) is 2.74 Å². The zero-order chi connectivity index (χ0) is 34.3. The number of nitrogens with zero attached hydrogens (tertiary/aromatic N) is 2. The van der Waals surface area contributed by atoms with Crippen molar-refractivity contribution in [3.8, 4) is 22.5 Å². The van der Waals surface area contributed by atoms with E-state index in [1.165, 1.54) is 20.6 Å². The van der Waals surface area contributed by atoms with Gasteiger partial charge in [-0.25, -0.2) is 0 Å². The number of aromatic nitrogens is 2. The van der Waals surface area contributed by atoms with Gasteiger partial charge in [-0.2, -0.15) is 11.3 Å². The van der Waals surface area contributed by atoms with Crippen molar-refractivity contribution in [1.82, 2.24) is 9.97 Å². The molecule has 47 heavy (non-hydrogen) atoms. The molecule has 0 aliphatic rings. The topological polar surface area (TPSA) is 25.8 Å². The van der Waals surface area contributed by atoms with Crippen LogP contribution in [0.2, 0.25) is 17.3 Å². The first-order valence-electron chi connectivity index (χ1n) is 16.6. The third-order valence-corrected chi connectivity index (χ3v) is 13.8. The summed E-state index contributed by atoms with van der Waals surface area (Å²) < 4.78 is 20.8. The summed E-state index contributed by atoms with van der Waals surface area (Å²) in [6, 6.07) is 37.7. The van der Waals surface area contributed by atoms with Crippen LogP contribution in [0.5, 0.6) is 0 Å². The van der Waals surface area contributed by atoms with Crippen molar-refractivity contribution in [2.45, 2.75) is 49.8 Å². The number of pyridine rings is 2. The minimum absolute atomic E-state index is 0. The van der Waals surface area contributed by atoms with E-state index >= 15 is 0 Å². The van der Waals surface area contributed by atoms with Crippen LogP contribution >= 0.6 is 11.3 Å². The van der Waals surface area contributed by atoms with Crippen LogP contribution in [0.1, 0.15) is 46.4 Å². The fourth-order valence-corrected chi connectivity index (χ4v) is 8.95. The van der Waals surface area contributed by atoms with Gasteiger partial charge in [0, 0.05) is 39.4 Å². The average Bonchev–Trinajstić information content (AvgIpc) is 3.47. The van der Waals surface area contributed by atoms with Crippen LogP contribution in [0.3, 0.4) is 0 Å². The largest absolute Gasteiger partial charge is 0 e. The molecule has 0 amide bonds. The number of rotatable bonds is 6. The molecule has 0 aliphatic carbocycles. The second-order valence-electron chi connectivity index (χ2n) is 12.8. The van der Waals surface area contributed by atoms with Crippen LogP contribution in [-0.4, -0.2) is 23.2 Å². The molecule has 1 radical (unpaired) electrons. The Bertz CT molecular complexity index is 2250. The standard InChI is InChI=1S/C28H24NS.C14H16GeN.Ir/c1-5-18(4)20-12-13-29-25(15-20)24-14-21-8-6-7-9-22(21)27-23-11-10-19(17(2)3)16-26(23)30-28(24)27;1-15(2,3)13-9-10-14(16-11-13)12-7-5-4-6-8-12;/h5-13,15-18H,1H2,2-4H3;4-7,9-11H,1-3H3;/q2*-1;/i17D,18D;;. The molecule has 0 saturated carbocycles. The van der Waals surface area contributed by atoms with Crippen molar-refractivity contribution in [2.75, 3.05) is 0 Å². The molecule has 7 aromatic rings. The van der Waals surface area contributed by atoms with E-state index in [0.717, 1.165) is 48.4 Å². The first-order chi connectivity index (χ1) is 22.8. The van der Waals surface area contributed by atoms with Gasteiger partial charge in [-0.05, 0) is 45.1 Å². The number of thiophene rings is 1. The minimum atomic E-state index is -1.72. The second-order valence-corrected chi connectivity index (χ2v) is 24.5. The molecule has 239 valence electrons. The fourth-order valence-electron chi connectivity index (χ4n) is 5.51. The summed E-state index contributed by atoms with van der Waals surface area (Å²) in [5.74, 6) is 5.60. The summed E-state index contributed by atoms with van der Waals surface area (Å²) in [5, 5.41) is 4.61. The molecule has 3 heterocycles. The number of hydrogen-bond acceptors (Lipinski definition) is 3. The number of benzene rings is 4. The molecule has 1 atom stereocenters. The first kappa shape index (κ1) is 32.2. The Kier molecular flexibility index (Phi) is 10.1. The smallest absolute Gasteiger partial charge is 0 e. The predicted octanol–water partition coefficient (Wildman–Crippen LogP) is 11.6. The van der Waals surface area contributed by atoms with E-state index in [1.807, 2.05) is 69.4 Å². The summed E-state index contributed by atoms with van der Waals surface area (Å²) in [6.07, 6.45) is 5.45. The minimum Gasteiger partial charge on any atom is 0 e. The molecule has 0 aliphatic heterocycles. The SMILES string of the molecule is [2H]C(C)(C)c1ccc2c(c1)sc1c(-c3cc(C([2H])(C)C=C)ccn3)[c-]c3ccccc3c12.[CH3][Ge]([CH3])([CH3])[c]1ccc(-c2[c-]cccc2)nc1.[Ir]. The van der Waals surface area contributed by atoms with E-state index in [9.17, 15) is 0 Å². The van der Waals surface area contributed by atoms with Crippen molar-refractivity contribution in [3.05, 3.63) is 139 Å². The molecule has 0 saturated heterocycles. The summed E-state index contributed by atoms with van der Waals surface area (Å²) in [4.78, 5) is 9.20. The first-order valence-corrected chi connectivity index (χ1v) is 23.8. The van der Waals surface area contributed by atoms with Crippen molar-refractivity contribution in [2.24, 2.45) is 0 Å². The van der Waals surface area contributed by atoms with E-state index in [0.29, 0.717) is 0 Å². The number of fused-ring (bicyclic) bond motifs is 5. The Labute approximate surface area is 302 Å². The predicted molar refractivity (Wildman–Crippen MR) is 203 cm³/mol. The second kappa shape index (κ2) is 14.8. The van der Waals surface area contributed by atoms with Gasteiger partial charge >= 0.3 is 99.8 Å². The Hall–Kier alpha value is -3.41. The van der Waals surface area contributed by atoms with Gasteiger partial charge in [-0.3, -0.25) is 4.98 Å². The molecule has 3 aromatic heterocycles. The molecule has 0 fully saturated rings. The van der Waals surface area contributed by atoms with Gasteiger partial charge < -0.3 is 0 Å². The third kappa shape index (κ3) is 7.52. The van der Waals surface area contributed by atoms with Gasteiger partial charge in [0.25, 0.3) is 0 Å². The molecule has 5 heteroatoms. The molecule has 0 spiro atoms. The molecule has 1 unspecified atom stereocenters. The van der Waals surface area contributed by atoms with Crippen LogP contribution < -0.4 is 4.40 Å².